The van der Waals surface area contributed by atoms with Crippen molar-refractivity contribution in [2.24, 2.45) is 0 Å². The number of rotatable bonds is 4. The van der Waals surface area contributed by atoms with E-state index in [9.17, 15) is 20.0 Å². The van der Waals surface area contributed by atoms with E-state index in [-0.39, 0.29) is 46.0 Å². The van der Waals surface area contributed by atoms with E-state index in [0.717, 1.165) is 6.07 Å². The van der Waals surface area contributed by atoms with Crippen molar-refractivity contribution in [3.63, 3.8) is 0 Å². The van der Waals surface area contributed by atoms with E-state index >= 15 is 0 Å². The summed E-state index contributed by atoms with van der Waals surface area (Å²) in [6.45, 7) is -0.519. The number of carbonyl (C=O) groups excluding carboxylic acids is 1. The van der Waals surface area contributed by atoms with Gasteiger partial charge < -0.3 is 15.2 Å². The molecule has 0 fully saturated rings. The zero-order chi connectivity index (χ0) is 12.3. The fourth-order valence-electron chi connectivity index (χ4n) is 0.996. The first-order chi connectivity index (χ1) is 7.41. The van der Waals surface area contributed by atoms with Crippen LogP contribution >= 0.6 is 27.5 Å². The molecule has 0 bridgehead atoms. The molecule has 0 aromatic heterocycles. The average Bonchev–Trinajstić information content (AvgIpc) is 2.18. The molecule has 1 N–H and O–H groups in total. The standard InChI is InChI=1S/C8H6BrClN2O4.Na/c9-4-1-6(11-3-8(13)14)7(12(15)16)2-5(4)10;/h1-2,11H,3H2,(H,13,14);/q;+1/p-1. The maximum atomic E-state index is 10.7. The van der Waals surface area contributed by atoms with E-state index in [2.05, 4.69) is 21.2 Å². The Labute approximate surface area is 132 Å². The number of carboxylic acids is 1. The summed E-state index contributed by atoms with van der Waals surface area (Å²) in [5.74, 6) is -1.36. The number of nitrogens with one attached hydrogen (secondary N) is 1. The van der Waals surface area contributed by atoms with Gasteiger partial charge in [0.25, 0.3) is 5.69 Å². The minimum atomic E-state index is -1.36. The first-order valence-corrected chi connectivity index (χ1v) is 5.16. The number of halogens is 2. The van der Waals surface area contributed by atoms with E-state index in [0.29, 0.717) is 4.47 Å². The molecule has 0 amide bonds. The molecule has 1 aromatic rings. The SMILES string of the molecule is O=C([O-])CNc1cc(Br)c(Cl)cc1[N+](=O)[O-].[Na+]. The molecule has 1 aromatic carbocycles. The van der Waals surface area contributed by atoms with Crippen molar-refractivity contribution in [1.29, 1.82) is 0 Å². The third-order valence-electron chi connectivity index (χ3n) is 1.66. The Bertz CT molecular complexity index is 457. The van der Waals surface area contributed by atoms with Gasteiger partial charge >= 0.3 is 29.6 Å². The molecule has 0 radical (unpaired) electrons. The van der Waals surface area contributed by atoms with Crippen molar-refractivity contribution in [3.05, 3.63) is 31.7 Å². The summed E-state index contributed by atoms with van der Waals surface area (Å²) in [7, 11) is 0. The van der Waals surface area contributed by atoms with Crippen molar-refractivity contribution in [3.8, 4) is 0 Å². The van der Waals surface area contributed by atoms with Crippen molar-refractivity contribution < 1.29 is 44.4 Å². The largest absolute Gasteiger partial charge is 1.00 e. The molecule has 17 heavy (non-hydrogen) atoms. The summed E-state index contributed by atoms with van der Waals surface area (Å²) >= 11 is 8.76. The van der Waals surface area contributed by atoms with Crippen LogP contribution in [0.2, 0.25) is 5.02 Å². The molecule has 9 heteroatoms. The Morgan fingerprint density at radius 2 is 2.12 bits per heavy atom. The predicted molar refractivity (Wildman–Crippen MR) is 59.3 cm³/mol. The third-order valence-corrected chi connectivity index (χ3v) is 2.86. The van der Waals surface area contributed by atoms with Gasteiger partial charge in [0, 0.05) is 10.5 Å². The van der Waals surface area contributed by atoms with Crippen LogP contribution in [0.4, 0.5) is 11.4 Å². The molecule has 0 spiro atoms. The number of nitro benzene ring substituents is 1. The van der Waals surface area contributed by atoms with Gasteiger partial charge in [-0.3, -0.25) is 10.1 Å². The zero-order valence-corrected chi connectivity index (χ0v) is 13.0. The van der Waals surface area contributed by atoms with Crippen LogP contribution in [0.15, 0.2) is 16.6 Å². The quantitative estimate of drug-likeness (QED) is 0.398. The number of carbonyl (C=O) groups is 1. The van der Waals surface area contributed by atoms with Crippen LogP contribution in [-0.2, 0) is 4.79 Å². The molecule has 0 saturated heterocycles. The summed E-state index contributed by atoms with van der Waals surface area (Å²) in [6, 6.07) is 2.46. The minimum Gasteiger partial charge on any atom is -0.548 e. The monoisotopic (exact) mass is 330 g/mol. The molecule has 1 rings (SSSR count). The van der Waals surface area contributed by atoms with Gasteiger partial charge in [0.15, 0.2) is 0 Å². The second kappa shape index (κ2) is 7.17. The third kappa shape index (κ3) is 4.81. The van der Waals surface area contributed by atoms with Gasteiger partial charge in [0.05, 0.1) is 22.5 Å². The maximum Gasteiger partial charge on any atom is 1.00 e. The van der Waals surface area contributed by atoms with Gasteiger partial charge in [-0.2, -0.15) is 0 Å². The number of hydrogen-bond donors (Lipinski definition) is 1. The number of anilines is 1. The fraction of sp³-hybridized carbons (Fsp3) is 0.125. The second-order valence-electron chi connectivity index (χ2n) is 2.77. The van der Waals surface area contributed by atoms with Crippen LogP contribution in [0, 0.1) is 10.1 Å². The normalized spacial score (nSPS) is 9.29. The van der Waals surface area contributed by atoms with E-state index in [1.165, 1.54) is 6.07 Å². The number of nitro groups is 1. The van der Waals surface area contributed by atoms with Crippen LogP contribution in [0.1, 0.15) is 0 Å². The predicted octanol–water partition coefficient (Wildman–Crippen LogP) is -1.82. The Kier molecular flexibility index (Phi) is 7.03. The van der Waals surface area contributed by atoms with Crippen molar-refractivity contribution in [1.82, 2.24) is 0 Å². The van der Waals surface area contributed by atoms with Gasteiger partial charge in [-0.1, -0.05) is 11.6 Å². The Hall–Kier alpha value is -0.340. The average molecular weight is 331 g/mol. The first-order valence-electron chi connectivity index (χ1n) is 3.99. The van der Waals surface area contributed by atoms with E-state index in [1.54, 1.807) is 0 Å². The summed E-state index contributed by atoms with van der Waals surface area (Å²) in [5.41, 5.74) is -0.236. The molecule has 0 aliphatic rings. The number of nitrogens with zero attached hydrogens (tertiary/aromatic N) is 1. The van der Waals surface area contributed by atoms with Crippen molar-refractivity contribution in [2.75, 3.05) is 11.9 Å². The molecule has 86 valence electrons. The minimum absolute atomic E-state index is 0. The summed E-state index contributed by atoms with van der Waals surface area (Å²) in [5, 5.41) is 23.4. The van der Waals surface area contributed by atoms with Crippen LogP contribution in [-0.4, -0.2) is 17.4 Å². The van der Waals surface area contributed by atoms with Crippen molar-refractivity contribution >= 4 is 44.9 Å². The van der Waals surface area contributed by atoms with Gasteiger partial charge in [-0.15, -0.1) is 0 Å². The summed E-state index contributed by atoms with van der Waals surface area (Å²) in [6.07, 6.45) is 0. The Balaban J connectivity index is 0.00000256. The molecule has 0 saturated carbocycles. The molecular formula is C8H5BrClN2NaO4. The van der Waals surface area contributed by atoms with Gasteiger partial charge in [-0.05, 0) is 22.0 Å². The summed E-state index contributed by atoms with van der Waals surface area (Å²) in [4.78, 5) is 20.2. The van der Waals surface area contributed by atoms with Gasteiger partial charge in [0.2, 0.25) is 0 Å². The zero-order valence-electron chi connectivity index (χ0n) is 8.70. The van der Waals surface area contributed by atoms with Gasteiger partial charge in [-0.25, -0.2) is 0 Å². The number of hydrogen-bond acceptors (Lipinski definition) is 5. The number of aliphatic carboxylic acids is 1. The molecule has 0 unspecified atom stereocenters. The van der Waals surface area contributed by atoms with Crippen LogP contribution in [0.3, 0.4) is 0 Å². The van der Waals surface area contributed by atoms with Crippen molar-refractivity contribution in [2.45, 2.75) is 0 Å². The first kappa shape index (κ1) is 16.7. The van der Waals surface area contributed by atoms with Crippen LogP contribution in [0.5, 0.6) is 0 Å². The molecular weight excluding hydrogens is 326 g/mol. The number of carboxylic acid groups (broad SMARTS) is 1. The Morgan fingerprint density at radius 3 is 2.59 bits per heavy atom. The maximum absolute atomic E-state index is 10.7. The van der Waals surface area contributed by atoms with E-state index < -0.39 is 17.4 Å². The number of benzene rings is 1. The molecule has 0 heterocycles. The van der Waals surface area contributed by atoms with Crippen LogP contribution < -0.4 is 40.0 Å². The summed E-state index contributed by atoms with van der Waals surface area (Å²) < 4.78 is 0.431. The molecule has 0 aliphatic heterocycles. The topological polar surface area (TPSA) is 95.3 Å². The van der Waals surface area contributed by atoms with Crippen LogP contribution in [0.25, 0.3) is 0 Å². The molecule has 6 nitrogen and oxygen atoms in total. The fourth-order valence-corrected chi connectivity index (χ4v) is 1.50. The smallest absolute Gasteiger partial charge is 0.548 e. The Morgan fingerprint density at radius 1 is 1.53 bits per heavy atom. The molecule has 0 atom stereocenters. The molecule has 0 aliphatic carbocycles. The van der Waals surface area contributed by atoms with E-state index in [4.69, 9.17) is 11.6 Å². The second-order valence-corrected chi connectivity index (χ2v) is 4.03. The van der Waals surface area contributed by atoms with Gasteiger partial charge in [0.1, 0.15) is 5.69 Å². The van der Waals surface area contributed by atoms with E-state index in [1.807, 2.05) is 0 Å².